The summed E-state index contributed by atoms with van der Waals surface area (Å²) in [5, 5.41) is 3.11. The number of rotatable bonds is 4. The Morgan fingerprint density at radius 3 is 2.96 bits per heavy atom. The highest BCUT2D eigenvalue weighted by atomic mass is 16.5. The van der Waals surface area contributed by atoms with Gasteiger partial charge in [-0.3, -0.25) is 9.78 Å². The van der Waals surface area contributed by atoms with Crippen LogP contribution in [-0.2, 0) is 11.2 Å². The Balaban J connectivity index is 1.21. The molecule has 2 aromatic rings. The van der Waals surface area contributed by atoms with Gasteiger partial charge in [-0.2, -0.15) is 0 Å². The van der Waals surface area contributed by atoms with Gasteiger partial charge in [0.05, 0.1) is 13.2 Å². The zero-order valence-corrected chi connectivity index (χ0v) is 14.7. The molecule has 5 nitrogen and oxygen atoms in total. The number of fused-ring (bicyclic) bond motifs is 3. The van der Waals surface area contributed by atoms with Crippen molar-refractivity contribution in [2.45, 2.75) is 12.3 Å². The highest BCUT2D eigenvalue weighted by molar-refractivity contribution is 5.93. The summed E-state index contributed by atoms with van der Waals surface area (Å²) in [4.78, 5) is 19.1. The minimum Gasteiger partial charge on any atom is -0.378 e. The third-order valence-corrected chi connectivity index (χ3v) is 6.05. The van der Waals surface area contributed by atoms with Gasteiger partial charge in [0.1, 0.15) is 5.69 Å². The maximum Gasteiger partial charge on any atom is 0.269 e. The van der Waals surface area contributed by atoms with Crippen LogP contribution in [0.4, 0.5) is 5.69 Å². The lowest BCUT2D eigenvalue weighted by atomic mass is 10.0. The topological polar surface area (TPSA) is 54.5 Å². The van der Waals surface area contributed by atoms with E-state index in [9.17, 15) is 4.79 Å². The van der Waals surface area contributed by atoms with Gasteiger partial charge in [0.15, 0.2) is 0 Å². The predicted molar refractivity (Wildman–Crippen MR) is 99.5 cm³/mol. The molecule has 1 aliphatic heterocycles. The second kappa shape index (κ2) is 6.40. The molecule has 5 rings (SSSR count). The van der Waals surface area contributed by atoms with Crippen LogP contribution in [0.1, 0.15) is 27.5 Å². The standard InChI is InChI=1S/C21H23N3O2/c25-21(19-12-15(5-6-22-19)24-7-9-26-10-8-24)23-13-18-17-11-14-3-1-2-4-16(14)20(17)18/h1-6,12,17-18,20H,7-11,13H2,(H,23,25)/t17-,18+,20+/m0/s1. The Kier molecular flexibility index (Phi) is 3.89. The molecule has 2 heterocycles. The number of aromatic nitrogens is 1. The van der Waals surface area contributed by atoms with Crippen molar-refractivity contribution in [1.29, 1.82) is 0 Å². The van der Waals surface area contributed by atoms with Crippen molar-refractivity contribution in [3.8, 4) is 0 Å². The van der Waals surface area contributed by atoms with Crippen molar-refractivity contribution in [3.05, 3.63) is 59.4 Å². The number of nitrogens with one attached hydrogen (secondary N) is 1. The highest BCUT2D eigenvalue weighted by Crippen LogP contribution is 2.60. The summed E-state index contributed by atoms with van der Waals surface area (Å²) in [6.45, 7) is 3.92. The molecule has 1 N–H and O–H groups in total. The summed E-state index contributed by atoms with van der Waals surface area (Å²) in [5.41, 5.74) is 4.53. The van der Waals surface area contributed by atoms with Crippen molar-refractivity contribution in [3.63, 3.8) is 0 Å². The van der Waals surface area contributed by atoms with Crippen molar-refractivity contribution < 1.29 is 9.53 Å². The Labute approximate surface area is 153 Å². The number of benzene rings is 1. The average molecular weight is 349 g/mol. The lowest BCUT2D eigenvalue weighted by molar-refractivity contribution is 0.0946. The van der Waals surface area contributed by atoms with E-state index >= 15 is 0 Å². The van der Waals surface area contributed by atoms with Gasteiger partial charge in [0, 0.05) is 31.5 Å². The first-order chi connectivity index (χ1) is 12.8. The number of hydrogen-bond donors (Lipinski definition) is 1. The average Bonchev–Trinajstić information content (AvgIpc) is 3.24. The molecular weight excluding hydrogens is 326 g/mol. The largest absolute Gasteiger partial charge is 0.378 e. The van der Waals surface area contributed by atoms with Crippen molar-refractivity contribution in [1.82, 2.24) is 10.3 Å². The molecule has 1 aromatic carbocycles. The minimum atomic E-state index is -0.0710. The van der Waals surface area contributed by atoms with E-state index in [-0.39, 0.29) is 5.91 Å². The number of anilines is 1. The first kappa shape index (κ1) is 15.8. The molecule has 0 radical (unpaired) electrons. The van der Waals surface area contributed by atoms with Gasteiger partial charge in [0.2, 0.25) is 0 Å². The molecule has 0 unspecified atom stereocenters. The number of carbonyl (C=O) groups is 1. The molecule has 26 heavy (non-hydrogen) atoms. The molecule has 1 amide bonds. The fraction of sp³-hybridized carbons (Fsp3) is 0.429. The molecule has 2 aliphatic carbocycles. The Hall–Kier alpha value is -2.40. The van der Waals surface area contributed by atoms with Crippen LogP contribution in [0.2, 0.25) is 0 Å². The molecule has 3 atom stereocenters. The van der Waals surface area contributed by atoms with Crippen LogP contribution >= 0.6 is 0 Å². The normalized spacial score (nSPS) is 26.2. The molecule has 1 saturated carbocycles. The monoisotopic (exact) mass is 349 g/mol. The number of nitrogens with zero attached hydrogens (tertiary/aromatic N) is 2. The van der Waals surface area contributed by atoms with E-state index in [0.29, 0.717) is 23.4 Å². The lowest BCUT2D eigenvalue weighted by Gasteiger charge is -2.28. The number of amides is 1. The van der Waals surface area contributed by atoms with Crippen LogP contribution in [0.15, 0.2) is 42.6 Å². The zero-order chi connectivity index (χ0) is 17.5. The second-order valence-electron chi connectivity index (χ2n) is 7.47. The molecular formula is C21H23N3O2. The fourth-order valence-corrected chi connectivity index (χ4v) is 4.63. The summed E-state index contributed by atoms with van der Waals surface area (Å²) in [7, 11) is 0. The molecule has 134 valence electrons. The van der Waals surface area contributed by atoms with Gasteiger partial charge in [-0.15, -0.1) is 0 Å². The first-order valence-electron chi connectivity index (χ1n) is 9.46. The highest BCUT2D eigenvalue weighted by Gasteiger charge is 2.55. The van der Waals surface area contributed by atoms with E-state index in [0.717, 1.165) is 45.0 Å². The summed E-state index contributed by atoms with van der Waals surface area (Å²) in [5.74, 6) is 1.86. The summed E-state index contributed by atoms with van der Waals surface area (Å²) in [6, 6.07) is 12.6. The quantitative estimate of drug-likeness (QED) is 0.920. The zero-order valence-electron chi connectivity index (χ0n) is 14.7. The van der Waals surface area contributed by atoms with Gasteiger partial charge >= 0.3 is 0 Å². The van der Waals surface area contributed by atoms with Gasteiger partial charge in [-0.25, -0.2) is 0 Å². The molecule has 1 aromatic heterocycles. The van der Waals surface area contributed by atoms with Gasteiger partial charge < -0.3 is 15.0 Å². The van der Waals surface area contributed by atoms with Crippen LogP contribution in [0.5, 0.6) is 0 Å². The fourth-order valence-electron chi connectivity index (χ4n) is 4.63. The smallest absolute Gasteiger partial charge is 0.269 e. The van der Waals surface area contributed by atoms with E-state index in [1.807, 2.05) is 12.1 Å². The molecule has 1 saturated heterocycles. The Morgan fingerprint density at radius 2 is 2.08 bits per heavy atom. The second-order valence-corrected chi connectivity index (χ2v) is 7.47. The van der Waals surface area contributed by atoms with E-state index in [4.69, 9.17) is 4.74 Å². The summed E-state index contributed by atoms with van der Waals surface area (Å²) < 4.78 is 5.40. The van der Waals surface area contributed by atoms with E-state index in [1.54, 1.807) is 6.20 Å². The predicted octanol–water partition coefficient (Wildman–Crippen LogP) is 2.23. The van der Waals surface area contributed by atoms with E-state index in [1.165, 1.54) is 11.1 Å². The third kappa shape index (κ3) is 2.76. The van der Waals surface area contributed by atoms with Crippen molar-refractivity contribution in [2.24, 2.45) is 11.8 Å². The summed E-state index contributed by atoms with van der Waals surface area (Å²) in [6.07, 6.45) is 2.88. The van der Waals surface area contributed by atoms with Crippen LogP contribution in [0.25, 0.3) is 0 Å². The van der Waals surface area contributed by atoms with Crippen molar-refractivity contribution >= 4 is 11.6 Å². The molecule has 0 spiro atoms. The maximum atomic E-state index is 12.6. The van der Waals surface area contributed by atoms with Crippen LogP contribution in [0, 0.1) is 11.8 Å². The number of pyridine rings is 1. The Morgan fingerprint density at radius 1 is 1.23 bits per heavy atom. The first-order valence-corrected chi connectivity index (χ1v) is 9.46. The third-order valence-electron chi connectivity index (χ3n) is 6.05. The molecule has 3 aliphatic rings. The number of hydrogen-bond acceptors (Lipinski definition) is 4. The van der Waals surface area contributed by atoms with Gasteiger partial charge in [0.25, 0.3) is 5.91 Å². The lowest BCUT2D eigenvalue weighted by Crippen LogP contribution is -2.36. The molecule has 2 fully saturated rings. The van der Waals surface area contributed by atoms with Crippen LogP contribution < -0.4 is 10.2 Å². The number of ether oxygens (including phenoxy) is 1. The minimum absolute atomic E-state index is 0.0710. The van der Waals surface area contributed by atoms with Gasteiger partial charge in [-0.1, -0.05) is 24.3 Å². The molecule has 5 heteroatoms. The van der Waals surface area contributed by atoms with Crippen LogP contribution in [-0.4, -0.2) is 43.7 Å². The maximum absolute atomic E-state index is 12.6. The van der Waals surface area contributed by atoms with Gasteiger partial charge in [-0.05, 0) is 47.4 Å². The van der Waals surface area contributed by atoms with E-state index < -0.39 is 0 Å². The van der Waals surface area contributed by atoms with Crippen LogP contribution in [0.3, 0.4) is 0 Å². The number of morpholine rings is 1. The Bertz CT molecular complexity index is 832. The molecule has 0 bridgehead atoms. The van der Waals surface area contributed by atoms with Crippen molar-refractivity contribution in [2.75, 3.05) is 37.7 Å². The number of carbonyl (C=O) groups excluding carboxylic acids is 1. The van der Waals surface area contributed by atoms with E-state index in [2.05, 4.69) is 39.5 Å². The SMILES string of the molecule is O=C(NC[C@@H]1[C@@H]2Cc3ccccc3[C@@H]12)c1cc(N2CCOCC2)ccn1. The summed E-state index contributed by atoms with van der Waals surface area (Å²) >= 11 is 0.